The molecule has 1 saturated heterocycles. The number of benzene rings is 1. The van der Waals surface area contributed by atoms with Gasteiger partial charge in [-0.3, -0.25) is 9.59 Å². The van der Waals surface area contributed by atoms with Gasteiger partial charge in [0.1, 0.15) is 5.69 Å². The quantitative estimate of drug-likeness (QED) is 0.836. The van der Waals surface area contributed by atoms with Crippen molar-refractivity contribution < 1.29 is 4.79 Å². The molecular weight excluding hydrogens is 352 g/mol. The number of aromatic nitrogens is 2. The summed E-state index contributed by atoms with van der Waals surface area (Å²) in [6, 6.07) is 12.8. The van der Waals surface area contributed by atoms with E-state index in [1.807, 2.05) is 35.2 Å². The van der Waals surface area contributed by atoms with Gasteiger partial charge in [0.2, 0.25) is 0 Å². The lowest BCUT2D eigenvalue weighted by Gasteiger charge is -2.28. The van der Waals surface area contributed by atoms with E-state index in [0.29, 0.717) is 18.8 Å². The van der Waals surface area contributed by atoms with Gasteiger partial charge in [0, 0.05) is 25.2 Å². The lowest BCUT2D eigenvalue weighted by Crippen LogP contribution is -2.43. The van der Waals surface area contributed by atoms with Gasteiger partial charge in [-0.25, -0.2) is 4.68 Å². The van der Waals surface area contributed by atoms with Crippen molar-refractivity contribution in [1.29, 1.82) is 0 Å². The van der Waals surface area contributed by atoms with Crippen LogP contribution in [0.1, 0.15) is 35.8 Å². The Labute approximate surface area is 159 Å². The second-order valence-electron chi connectivity index (χ2n) is 6.35. The fraction of sp³-hybridized carbons (Fsp3) is 0.421. The molecule has 6 nitrogen and oxygen atoms in total. The highest BCUT2D eigenvalue weighted by atomic mass is 35.5. The number of carbonyl (C=O) groups excluding carboxylic acids is 1. The van der Waals surface area contributed by atoms with Crippen LogP contribution in [0.3, 0.4) is 0 Å². The molecule has 1 N–H and O–H groups in total. The molecular formula is C19H25ClN4O2. The summed E-state index contributed by atoms with van der Waals surface area (Å²) in [4.78, 5) is 27.0. The second kappa shape index (κ2) is 9.50. The maximum Gasteiger partial charge on any atom is 0.274 e. The molecule has 1 unspecified atom stereocenters. The number of nitrogens with one attached hydrogen (secondary N) is 1. The Balaban J connectivity index is 0.00000243. The Morgan fingerprint density at radius 1 is 1.27 bits per heavy atom. The predicted octanol–water partition coefficient (Wildman–Crippen LogP) is 1.93. The van der Waals surface area contributed by atoms with Crippen LogP contribution in [0, 0.1) is 0 Å². The minimum absolute atomic E-state index is 0. The summed E-state index contributed by atoms with van der Waals surface area (Å²) in [5.74, 6) is -0.0997. The van der Waals surface area contributed by atoms with E-state index in [-0.39, 0.29) is 29.9 Å². The van der Waals surface area contributed by atoms with Crippen molar-refractivity contribution in [3.8, 4) is 0 Å². The van der Waals surface area contributed by atoms with E-state index in [0.717, 1.165) is 31.5 Å². The van der Waals surface area contributed by atoms with Crippen LogP contribution >= 0.6 is 12.4 Å². The molecule has 1 aliphatic rings. The molecule has 2 heterocycles. The van der Waals surface area contributed by atoms with Crippen LogP contribution in [0.15, 0.2) is 47.3 Å². The fourth-order valence-electron chi connectivity index (χ4n) is 3.18. The van der Waals surface area contributed by atoms with E-state index in [2.05, 4.69) is 17.3 Å². The van der Waals surface area contributed by atoms with Crippen molar-refractivity contribution in [2.45, 2.75) is 32.4 Å². The third-order valence-electron chi connectivity index (χ3n) is 4.46. The highest BCUT2D eigenvalue weighted by Gasteiger charge is 2.27. The molecule has 3 rings (SSSR count). The van der Waals surface area contributed by atoms with Crippen LogP contribution in [0.25, 0.3) is 0 Å². The van der Waals surface area contributed by atoms with Crippen molar-refractivity contribution in [2.24, 2.45) is 0 Å². The smallest absolute Gasteiger partial charge is 0.274 e. The first kappa shape index (κ1) is 20.1. The molecule has 1 aliphatic heterocycles. The summed E-state index contributed by atoms with van der Waals surface area (Å²) in [6.45, 7) is 4.87. The summed E-state index contributed by atoms with van der Waals surface area (Å²) in [5.41, 5.74) is 1.10. The zero-order chi connectivity index (χ0) is 17.6. The van der Waals surface area contributed by atoms with E-state index in [1.165, 1.54) is 16.8 Å². The van der Waals surface area contributed by atoms with Crippen molar-refractivity contribution in [3.63, 3.8) is 0 Å². The summed E-state index contributed by atoms with van der Waals surface area (Å²) in [7, 11) is 0. The number of halogens is 1. The molecule has 0 bridgehead atoms. The molecule has 1 atom stereocenters. The number of carbonyl (C=O) groups is 1. The maximum absolute atomic E-state index is 13.0. The number of hydrogen-bond donors (Lipinski definition) is 1. The first-order valence-corrected chi connectivity index (χ1v) is 8.83. The Morgan fingerprint density at radius 3 is 2.69 bits per heavy atom. The lowest BCUT2D eigenvalue weighted by molar-refractivity contribution is 0.0683. The number of hydrogen-bond acceptors (Lipinski definition) is 4. The van der Waals surface area contributed by atoms with Crippen LogP contribution in [0.2, 0.25) is 0 Å². The van der Waals surface area contributed by atoms with Crippen LogP contribution in [-0.4, -0.2) is 46.3 Å². The van der Waals surface area contributed by atoms with Gasteiger partial charge in [-0.05, 0) is 31.0 Å². The number of rotatable bonds is 6. The van der Waals surface area contributed by atoms with Gasteiger partial charge in [-0.1, -0.05) is 37.3 Å². The summed E-state index contributed by atoms with van der Waals surface area (Å²) in [6.07, 6.45) is 1.85. The van der Waals surface area contributed by atoms with Crippen LogP contribution < -0.4 is 10.9 Å². The van der Waals surface area contributed by atoms with E-state index in [9.17, 15) is 9.59 Å². The van der Waals surface area contributed by atoms with E-state index < -0.39 is 0 Å². The minimum Gasteiger partial charge on any atom is -0.333 e. The Hall–Kier alpha value is -2.18. The van der Waals surface area contributed by atoms with Crippen molar-refractivity contribution in [3.05, 3.63) is 64.1 Å². The van der Waals surface area contributed by atoms with Gasteiger partial charge in [0.15, 0.2) is 0 Å². The van der Waals surface area contributed by atoms with Crippen molar-refractivity contribution in [1.82, 2.24) is 20.0 Å². The Morgan fingerprint density at radius 2 is 2.04 bits per heavy atom. The van der Waals surface area contributed by atoms with E-state index >= 15 is 0 Å². The molecule has 0 aliphatic carbocycles. The molecule has 140 valence electrons. The summed E-state index contributed by atoms with van der Waals surface area (Å²) >= 11 is 0. The molecule has 7 heteroatoms. The monoisotopic (exact) mass is 376 g/mol. The molecule has 1 aromatic carbocycles. The first-order chi connectivity index (χ1) is 12.2. The molecule has 0 saturated carbocycles. The molecule has 1 amide bonds. The van der Waals surface area contributed by atoms with Gasteiger partial charge < -0.3 is 10.2 Å². The number of nitrogens with zero attached hydrogens (tertiary/aromatic N) is 3. The zero-order valence-corrected chi connectivity index (χ0v) is 15.7. The van der Waals surface area contributed by atoms with Gasteiger partial charge in [0.25, 0.3) is 11.5 Å². The standard InChI is InChI=1S/C19H24N4O2.ClH/c1-2-12-22(16-10-11-20-13-16)19(25)17-8-9-18(24)23(21-17)14-15-6-4-3-5-7-15;/h3-9,16,20H,2,10-14H2,1H3;1H. The average molecular weight is 377 g/mol. The Kier molecular flexibility index (Phi) is 7.36. The first-order valence-electron chi connectivity index (χ1n) is 8.83. The largest absolute Gasteiger partial charge is 0.333 e. The van der Waals surface area contributed by atoms with Crippen molar-refractivity contribution in [2.75, 3.05) is 19.6 Å². The lowest BCUT2D eigenvalue weighted by atomic mass is 10.2. The van der Waals surface area contributed by atoms with Gasteiger partial charge in [0.05, 0.1) is 6.54 Å². The highest BCUT2D eigenvalue weighted by Crippen LogP contribution is 2.13. The molecule has 0 radical (unpaired) electrons. The minimum atomic E-state index is -0.204. The topological polar surface area (TPSA) is 67.2 Å². The van der Waals surface area contributed by atoms with Crippen LogP contribution in [0.4, 0.5) is 0 Å². The van der Waals surface area contributed by atoms with E-state index in [4.69, 9.17) is 0 Å². The molecule has 0 spiro atoms. The summed E-state index contributed by atoms with van der Waals surface area (Å²) in [5, 5.41) is 7.64. The van der Waals surface area contributed by atoms with Gasteiger partial charge in [-0.15, -0.1) is 12.4 Å². The average Bonchev–Trinajstić information content (AvgIpc) is 3.16. The molecule has 1 aromatic heterocycles. The van der Waals surface area contributed by atoms with Gasteiger partial charge in [-0.2, -0.15) is 5.10 Å². The molecule has 26 heavy (non-hydrogen) atoms. The number of amides is 1. The fourth-order valence-corrected chi connectivity index (χ4v) is 3.18. The molecule has 1 fully saturated rings. The third kappa shape index (κ3) is 4.71. The van der Waals surface area contributed by atoms with Crippen molar-refractivity contribution >= 4 is 18.3 Å². The third-order valence-corrected chi connectivity index (χ3v) is 4.46. The molecule has 2 aromatic rings. The van der Waals surface area contributed by atoms with Crippen LogP contribution in [0.5, 0.6) is 0 Å². The normalized spacial score (nSPS) is 16.1. The second-order valence-corrected chi connectivity index (χ2v) is 6.35. The van der Waals surface area contributed by atoms with Gasteiger partial charge >= 0.3 is 0 Å². The van der Waals surface area contributed by atoms with Crippen LogP contribution in [-0.2, 0) is 6.54 Å². The summed E-state index contributed by atoms with van der Waals surface area (Å²) < 4.78 is 1.36. The zero-order valence-electron chi connectivity index (χ0n) is 14.9. The van der Waals surface area contributed by atoms with E-state index in [1.54, 1.807) is 0 Å². The predicted molar refractivity (Wildman–Crippen MR) is 104 cm³/mol. The SMILES string of the molecule is CCCN(C(=O)c1ccc(=O)n(Cc2ccccc2)n1)C1CCNC1.Cl. The maximum atomic E-state index is 13.0. The highest BCUT2D eigenvalue weighted by molar-refractivity contribution is 5.92. The Bertz CT molecular complexity index is 773.